The maximum absolute atomic E-state index is 12.8. The van der Waals surface area contributed by atoms with Gasteiger partial charge in [0.15, 0.2) is 11.6 Å². The van der Waals surface area contributed by atoms with Crippen LogP contribution in [-0.4, -0.2) is 62.2 Å². The number of carbonyl (C=O) groups is 2. The Balaban J connectivity index is 1.76. The molecule has 3 rings (SSSR count). The van der Waals surface area contributed by atoms with Gasteiger partial charge in [-0.3, -0.25) is 9.69 Å². The van der Waals surface area contributed by atoms with Crippen molar-refractivity contribution >= 4 is 17.8 Å². The van der Waals surface area contributed by atoms with Crippen LogP contribution >= 0.6 is 0 Å². The van der Waals surface area contributed by atoms with E-state index in [1.54, 1.807) is 49.2 Å². The third-order valence-electron chi connectivity index (χ3n) is 4.79. The molecule has 0 bridgehead atoms. The Morgan fingerprint density at radius 3 is 2.22 bits per heavy atom. The number of hydrogen-bond acceptors (Lipinski definition) is 5. The Hall–Kier alpha value is -3.29. The van der Waals surface area contributed by atoms with Crippen LogP contribution in [0.2, 0.25) is 0 Å². The molecule has 0 spiro atoms. The van der Waals surface area contributed by atoms with E-state index in [0.29, 0.717) is 24.2 Å². The molecule has 1 aromatic heterocycles. The molecule has 1 aliphatic heterocycles. The zero-order chi connectivity index (χ0) is 19.7. The number of pyridine rings is 1. The van der Waals surface area contributed by atoms with Crippen molar-refractivity contribution in [1.29, 1.82) is 0 Å². The van der Waals surface area contributed by atoms with E-state index in [2.05, 4.69) is 4.98 Å². The van der Waals surface area contributed by atoms with Gasteiger partial charge in [-0.25, -0.2) is 9.78 Å². The average molecular weight is 370 g/mol. The Kier molecular flexibility index (Phi) is 4.89. The lowest BCUT2D eigenvalue weighted by Crippen LogP contribution is -2.59. The summed E-state index contributed by atoms with van der Waals surface area (Å²) < 4.78 is 0. The summed E-state index contributed by atoms with van der Waals surface area (Å²) >= 11 is 0. The maximum Gasteiger partial charge on any atom is 0.407 e. The molecule has 4 N–H and O–H groups in total. The second-order valence-corrected chi connectivity index (χ2v) is 6.80. The molecule has 142 valence electrons. The standard InChI is InChI=1S/C19H22N4O4/c1-11-9-22(10-12(2)23(11)19(26)27)18(25)14-5-3-13(4-6-14)15-7-16(24)17(20)21-8-15/h3-8,11-12,24H,9-10H2,1-2H3,(H2,20,21)(H,26,27). The van der Waals surface area contributed by atoms with Crippen LogP contribution in [0.25, 0.3) is 11.1 Å². The van der Waals surface area contributed by atoms with E-state index in [9.17, 15) is 19.8 Å². The number of aromatic hydroxyl groups is 1. The van der Waals surface area contributed by atoms with Crippen LogP contribution < -0.4 is 5.73 Å². The molecule has 1 saturated heterocycles. The van der Waals surface area contributed by atoms with Gasteiger partial charge < -0.3 is 20.8 Å². The fraction of sp³-hybridized carbons (Fsp3) is 0.316. The summed E-state index contributed by atoms with van der Waals surface area (Å²) in [4.78, 5) is 31.1. The van der Waals surface area contributed by atoms with E-state index < -0.39 is 6.09 Å². The van der Waals surface area contributed by atoms with Crippen molar-refractivity contribution in [3.8, 4) is 16.9 Å². The number of carboxylic acid groups (broad SMARTS) is 1. The molecule has 2 heterocycles. The highest BCUT2D eigenvalue weighted by Gasteiger charge is 2.34. The van der Waals surface area contributed by atoms with Gasteiger partial charge in [0, 0.05) is 30.4 Å². The van der Waals surface area contributed by atoms with E-state index >= 15 is 0 Å². The fourth-order valence-corrected chi connectivity index (χ4v) is 3.48. The minimum atomic E-state index is -0.966. The number of aromatic nitrogens is 1. The quantitative estimate of drug-likeness (QED) is 0.746. The minimum Gasteiger partial charge on any atom is -0.504 e. The van der Waals surface area contributed by atoms with Gasteiger partial charge in [-0.1, -0.05) is 12.1 Å². The van der Waals surface area contributed by atoms with Crippen LogP contribution in [0.4, 0.5) is 10.6 Å². The van der Waals surface area contributed by atoms with Crippen molar-refractivity contribution in [3.05, 3.63) is 42.1 Å². The number of carbonyl (C=O) groups excluding carboxylic acids is 1. The van der Waals surface area contributed by atoms with Crippen LogP contribution in [0.1, 0.15) is 24.2 Å². The van der Waals surface area contributed by atoms with Gasteiger partial charge in [0.2, 0.25) is 0 Å². The smallest absolute Gasteiger partial charge is 0.407 e. The number of piperazine rings is 1. The average Bonchev–Trinajstić information content (AvgIpc) is 2.62. The van der Waals surface area contributed by atoms with Gasteiger partial charge >= 0.3 is 6.09 Å². The fourth-order valence-electron chi connectivity index (χ4n) is 3.48. The van der Waals surface area contributed by atoms with Crippen LogP contribution in [0, 0.1) is 0 Å². The lowest BCUT2D eigenvalue weighted by Gasteiger charge is -2.42. The van der Waals surface area contributed by atoms with Crippen molar-refractivity contribution in [2.75, 3.05) is 18.8 Å². The molecule has 1 fully saturated rings. The molecule has 1 aliphatic rings. The molecule has 2 unspecified atom stereocenters. The summed E-state index contributed by atoms with van der Waals surface area (Å²) in [6.45, 7) is 4.31. The summed E-state index contributed by atoms with van der Waals surface area (Å²) in [5, 5.41) is 19.0. The second kappa shape index (κ2) is 7.14. The Morgan fingerprint density at radius 1 is 1.11 bits per heavy atom. The maximum atomic E-state index is 12.8. The van der Waals surface area contributed by atoms with E-state index in [1.165, 1.54) is 11.0 Å². The van der Waals surface area contributed by atoms with Crippen molar-refractivity contribution in [2.45, 2.75) is 25.9 Å². The third kappa shape index (κ3) is 3.64. The lowest BCUT2D eigenvalue weighted by molar-refractivity contribution is 0.0326. The van der Waals surface area contributed by atoms with Crippen LogP contribution in [0.5, 0.6) is 5.75 Å². The first-order valence-electron chi connectivity index (χ1n) is 8.63. The highest BCUT2D eigenvalue weighted by molar-refractivity contribution is 5.95. The third-order valence-corrected chi connectivity index (χ3v) is 4.79. The van der Waals surface area contributed by atoms with E-state index in [-0.39, 0.29) is 29.6 Å². The Bertz CT molecular complexity index is 857. The molecule has 8 heteroatoms. The molecule has 27 heavy (non-hydrogen) atoms. The number of nitrogens with zero attached hydrogens (tertiary/aromatic N) is 3. The van der Waals surface area contributed by atoms with Crippen LogP contribution in [-0.2, 0) is 0 Å². The molecule has 0 aliphatic carbocycles. The van der Waals surface area contributed by atoms with Gasteiger partial charge in [0.25, 0.3) is 5.91 Å². The molecule has 8 nitrogen and oxygen atoms in total. The number of rotatable bonds is 2. The Morgan fingerprint density at radius 2 is 1.70 bits per heavy atom. The number of amides is 2. The molecule has 2 amide bonds. The number of hydrogen-bond donors (Lipinski definition) is 3. The second-order valence-electron chi connectivity index (χ2n) is 6.80. The molecule has 1 aromatic carbocycles. The van der Waals surface area contributed by atoms with Gasteiger partial charge in [-0.05, 0) is 37.6 Å². The first-order valence-corrected chi connectivity index (χ1v) is 8.63. The van der Waals surface area contributed by atoms with Crippen LogP contribution in [0.3, 0.4) is 0 Å². The van der Waals surface area contributed by atoms with Crippen LogP contribution in [0.15, 0.2) is 36.5 Å². The summed E-state index contributed by atoms with van der Waals surface area (Å²) in [6.07, 6.45) is 0.590. The summed E-state index contributed by atoms with van der Waals surface area (Å²) in [5.41, 5.74) is 7.53. The normalized spacial score (nSPS) is 19.8. The number of benzene rings is 1. The SMILES string of the molecule is CC1CN(C(=O)c2ccc(-c3cnc(N)c(O)c3)cc2)CC(C)N1C(=O)O. The van der Waals surface area contributed by atoms with Crippen molar-refractivity contribution in [1.82, 2.24) is 14.8 Å². The first-order chi connectivity index (χ1) is 12.8. The first kappa shape index (κ1) is 18.5. The highest BCUT2D eigenvalue weighted by atomic mass is 16.4. The molecular formula is C19H22N4O4. The predicted molar refractivity (Wildman–Crippen MR) is 100 cm³/mol. The van der Waals surface area contributed by atoms with Crippen molar-refractivity contribution in [2.24, 2.45) is 0 Å². The zero-order valence-electron chi connectivity index (χ0n) is 15.2. The van der Waals surface area contributed by atoms with E-state index in [1.807, 2.05) is 0 Å². The van der Waals surface area contributed by atoms with Gasteiger partial charge in [-0.15, -0.1) is 0 Å². The predicted octanol–water partition coefficient (Wildman–Crippen LogP) is 2.25. The molecular weight excluding hydrogens is 348 g/mol. The lowest BCUT2D eigenvalue weighted by atomic mass is 10.0. The molecule has 0 radical (unpaired) electrons. The van der Waals surface area contributed by atoms with Gasteiger partial charge in [-0.2, -0.15) is 0 Å². The number of nitrogens with two attached hydrogens (primary N) is 1. The highest BCUT2D eigenvalue weighted by Crippen LogP contribution is 2.26. The van der Waals surface area contributed by atoms with Crippen molar-refractivity contribution in [3.63, 3.8) is 0 Å². The van der Waals surface area contributed by atoms with Gasteiger partial charge in [0.1, 0.15) is 0 Å². The monoisotopic (exact) mass is 370 g/mol. The number of nitrogen functional groups attached to an aromatic ring is 1. The molecule has 0 saturated carbocycles. The van der Waals surface area contributed by atoms with Crippen molar-refractivity contribution < 1.29 is 19.8 Å². The summed E-state index contributed by atoms with van der Waals surface area (Å²) in [7, 11) is 0. The minimum absolute atomic E-state index is 0.0642. The van der Waals surface area contributed by atoms with Gasteiger partial charge in [0.05, 0.1) is 12.1 Å². The summed E-state index contributed by atoms with van der Waals surface area (Å²) in [6, 6.07) is 7.97. The topological polar surface area (TPSA) is 120 Å². The van der Waals surface area contributed by atoms with E-state index in [0.717, 1.165) is 5.56 Å². The molecule has 2 atom stereocenters. The Labute approximate surface area is 156 Å². The number of anilines is 1. The largest absolute Gasteiger partial charge is 0.504 e. The summed E-state index contributed by atoms with van der Waals surface area (Å²) in [5.74, 6) is -0.162. The van der Waals surface area contributed by atoms with E-state index in [4.69, 9.17) is 5.73 Å². The molecule has 2 aromatic rings. The zero-order valence-corrected chi connectivity index (χ0v) is 15.2.